The smallest absolute Gasteiger partial charge is 0.139 e. The minimum Gasteiger partial charge on any atom is -0.365 e. The highest BCUT2D eigenvalue weighted by atomic mass is 32.1. The molecule has 3 rings (SSSR count). The van der Waals surface area contributed by atoms with Crippen LogP contribution in [0.3, 0.4) is 0 Å². The number of aryl methyl sites for hydroxylation is 3. The second kappa shape index (κ2) is 5.30. The van der Waals surface area contributed by atoms with Crippen molar-refractivity contribution in [3.63, 3.8) is 0 Å². The largest absolute Gasteiger partial charge is 0.365 e. The molecular formula is C15H22N4S. The van der Waals surface area contributed by atoms with Gasteiger partial charge in [0, 0.05) is 17.0 Å². The maximum atomic E-state index is 4.66. The van der Waals surface area contributed by atoms with Crippen molar-refractivity contribution in [3.8, 4) is 0 Å². The van der Waals surface area contributed by atoms with Gasteiger partial charge in [-0.15, -0.1) is 11.3 Å². The van der Waals surface area contributed by atoms with Gasteiger partial charge in [-0.25, -0.2) is 9.97 Å². The molecule has 2 unspecified atom stereocenters. The Balaban J connectivity index is 2.01. The monoisotopic (exact) mass is 290 g/mol. The lowest BCUT2D eigenvalue weighted by atomic mass is 10.00. The van der Waals surface area contributed by atoms with Crippen LogP contribution in [0, 0.1) is 20.8 Å². The van der Waals surface area contributed by atoms with E-state index in [2.05, 4.69) is 41.4 Å². The van der Waals surface area contributed by atoms with Crippen molar-refractivity contribution in [1.29, 1.82) is 0 Å². The van der Waals surface area contributed by atoms with Gasteiger partial charge in [-0.3, -0.25) is 0 Å². The van der Waals surface area contributed by atoms with Crippen molar-refractivity contribution in [1.82, 2.24) is 15.3 Å². The zero-order valence-corrected chi connectivity index (χ0v) is 13.4. The van der Waals surface area contributed by atoms with Crippen LogP contribution in [0.25, 0.3) is 10.2 Å². The van der Waals surface area contributed by atoms with Crippen LogP contribution in [-0.4, -0.2) is 28.6 Å². The molecule has 4 nitrogen and oxygen atoms in total. The molecular weight excluding hydrogens is 268 g/mol. The molecule has 2 aromatic heterocycles. The van der Waals surface area contributed by atoms with Crippen molar-refractivity contribution in [2.75, 3.05) is 11.9 Å². The second-order valence-electron chi connectivity index (χ2n) is 5.72. The summed E-state index contributed by atoms with van der Waals surface area (Å²) in [5.74, 6) is 1.85. The van der Waals surface area contributed by atoms with E-state index in [9.17, 15) is 0 Å². The predicted molar refractivity (Wildman–Crippen MR) is 85.7 cm³/mol. The zero-order valence-electron chi connectivity index (χ0n) is 12.6. The van der Waals surface area contributed by atoms with Crippen molar-refractivity contribution in [3.05, 3.63) is 16.3 Å². The number of nitrogens with zero attached hydrogens (tertiary/aromatic N) is 2. The van der Waals surface area contributed by atoms with Gasteiger partial charge in [0.05, 0.1) is 5.39 Å². The Morgan fingerprint density at radius 1 is 1.25 bits per heavy atom. The second-order valence-corrected chi connectivity index (χ2v) is 6.92. The summed E-state index contributed by atoms with van der Waals surface area (Å²) in [6, 6.07) is 0.926. The molecule has 2 N–H and O–H groups in total. The van der Waals surface area contributed by atoms with E-state index in [0.717, 1.165) is 23.0 Å². The van der Waals surface area contributed by atoms with E-state index in [1.807, 2.05) is 6.92 Å². The Morgan fingerprint density at radius 3 is 2.80 bits per heavy atom. The third kappa shape index (κ3) is 2.40. The number of aromatic nitrogens is 2. The van der Waals surface area contributed by atoms with Gasteiger partial charge in [0.25, 0.3) is 0 Å². The molecule has 2 atom stereocenters. The number of hydrogen-bond donors (Lipinski definition) is 2. The molecule has 3 heterocycles. The van der Waals surface area contributed by atoms with Gasteiger partial charge in [-0.2, -0.15) is 0 Å². The minimum absolute atomic E-state index is 0.445. The number of anilines is 1. The molecule has 1 saturated heterocycles. The Kier molecular flexibility index (Phi) is 3.65. The highest BCUT2D eigenvalue weighted by Crippen LogP contribution is 2.33. The molecule has 1 fully saturated rings. The van der Waals surface area contributed by atoms with Crippen LogP contribution in [-0.2, 0) is 0 Å². The molecule has 2 aromatic rings. The van der Waals surface area contributed by atoms with Crippen LogP contribution in [0.4, 0.5) is 5.82 Å². The van der Waals surface area contributed by atoms with E-state index in [4.69, 9.17) is 0 Å². The fourth-order valence-corrected chi connectivity index (χ4v) is 3.95. The number of piperidine rings is 1. The van der Waals surface area contributed by atoms with E-state index < -0.39 is 0 Å². The van der Waals surface area contributed by atoms with Crippen LogP contribution in [0.1, 0.15) is 36.0 Å². The summed E-state index contributed by atoms with van der Waals surface area (Å²) in [7, 11) is 0. The molecule has 0 saturated carbocycles. The van der Waals surface area contributed by atoms with Crippen LogP contribution in [0.5, 0.6) is 0 Å². The van der Waals surface area contributed by atoms with Crippen molar-refractivity contribution in [2.45, 2.75) is 52.6 Å². The van der Waals surface area contributed by atoms with E-state index in [-0.39, 0.29) is 0 Å². The van der Waals surface area contributed by atoms with Gasteiger partial charge < -0.3 is 10.6 Å². The average Bonchev–Trinajstić information content (AvgIpc) is 2.67. The molecule has 0 radical (unpaired) electrons. The number of rotatable bonds is 2. The molecule has 0 bridgehead atoms. The van der Waals surface area contributed by atoms with Crippen LogP contribution in [0.2, 0.25) is 0 Å². The van der Waals surface area contributed by atoms with Crippen molar-refractivity contribution >= 4 is 27.4 Å². The highest BCUT2D eigenvalue weighted by Gasteiger charge is 2.23. The summed E-state index contributed by atoms with van der Waals surface area (Å²) in [6.45, 7) is 9.66. The van der Waals surface area contributed by atoms with E-state index >= 15 is 0 Å². The Hall–Kier alpha value is -1.20. The van der Waals surface area contributed by atoms with Gasteiger partial charge in [-0.1, -0.05) is 0 Å². The number of fused-ring (bicyclic) bond motifs is 1. The molecule has 108 valence electrons. The topological polar surface area (TPSA) is 49.8 Å². The first-order chi connectivity index (χ1) is 9.56. The van der Waals surface area contributed by atoms with E-state index in [0.29, 0.717) is 12.1 Å². The summed E-state index contributed by atoms with van der Waals surface area (Å²) in [5.41, 5.74) is 1.31. The van der Waals surface area contributed by atoms with Crippen LogP contribution in [0.15, 0.2) is 0 Å². The summed E-state index contributed by atoms with van der Waals surface area (Å²) < 4.78 is 0. The van der Waals surface area contributed by atoms with E-state index in [1.165, 1.54) is 28.7 Å². The molecule has 5 heteroatoms. The molecule has 20 heavy (non-hydrogen) atoms. The van der Waals surface area contributed by atoms with Crippen LogP contribution >= 0.6 is 11.3 Å². The quantitative estimate of drug-likeness (QED) is 0.892. The van der Waals surface area contributed by atoms with Gasteiger partial charge in [0.2, 0.25) is 0 Å². The third-order valence-electron chi connectivity index (χ3n) is 4.22. The lowest BCUT2D eigenvalue weighted by Gasteiger charge is -2.31. The average molecular weight is 290 g/mol. The summed E-state index contributed by atoms with van der Waals surface area (Å²) in [4.78, 5) is 11.7. The standard InChI is InChI=1S/C15H22N4S/c1-8-10(3)20-15-13(8)14(17-11(4)18-15)19-12-6-5-7-16-9(12)2/h9,12,16H,5-7H2,1-4H3,(H,17,18,19). The Morgan fingerprint density at radius 2 is 2.05 bits per heavy atom. The van der Waals surface area contributed by atoms with Gasteiger partial charge >= 0.3 is 0 Å². The fraction of sp³-hybridized carbons (Fsp3) is 0.600. The third-order valence-corrected chi connectivity index (χ3v) is 5.33. The SMILES string of the molecule is Cc1nc(NC2CCCNC2C)c2c(C)c(C)sc2n1. The first-order valence-electron chi connectivity index (χ1n) is 7.30. The first kappa shape index (κ1) is 13.8. The van der Waals surface area contributed by atoms with Crippen molar-refractivity contribution < 1.29 is 0 Å². The molecule has 0 aromatic carbocycles. The minimum atomic E-state index is 0.445. The molecule has 1 aliphatic rings. The predicted octanol–water partition coefficient (Wildman–Crippen LogP) is 3.17. The summed E-state index contributed by atoms with van der Waals surface area (Å²) in [6.07, 6.45) is 2.41. The van der Waals surface area contributed by atoms with Gasteiger partial charge in [-0.05, 0) is 52.6 Å². The Bertz CT molecular complexity index is 634. The molecule has 0 aliphatic carbocycles. The van der Waals surface area contributed by atoms with Gasteiger partial charge in [0.1, 0.15) is 16.5 Å². The van der Waals surface area contributed by atoms with Crippen molar-refractivity contribution in [2.24, 2.45) is 0 Å². The maximum absolute atomic E-state index is 4.66. The first-order valence-corrected chi connectivity index (χ1v) is 8.12. The Labute approximate surface area is 124 Å². The molecule has 1 aliphatic heterocycles. The normalized spacial score (nSPS) is 23.2. The highest BCUT2D eigenvalue weighted by molar-refractivity contribution is 7.18. The zero-order chi connectivity index (χ0) is 14.3. The fourth-order valence-electron chi connectivity index (χ4n) is 2.88. The summed E-state index contributed by atoms with van der Waals surface area (Å²) in [5, 5.41) is 8.40. The molecule has 0 amide bonds. The van der Waals surface area contributed by atoms with Gasteiger partial charge in [0.15, 0.2) is 0 Å². The molecule has 0 spiro atoms. The lowest BCUT2D eigenvalue weighted by molar-refractivity contribution is 0.389. The number of thiophene rings is 1. The summed E-state index contributed by atoms with van der Waals surface area (Å²) >= 11 is 1.76. The number of hydrogen-bond acceptors (Lipinski definition) is 5. The van der Waals surface area contributed by atoms with Crippen LogP contribution < -0.4 is 10.6 Å². The number of nitrogens with one attached hydrogen (secondary N) is 2. The van der Waals surface area contributed by atoms with E-state index in [1.54, 1.807) is 11.3 Å². The maximum Gasteiger partial charge on any atom is 0.139 e. The lowest BCUT2D eigenvalue weighted by Crippen LogP contribution is -2.46.